The van der Waals surface area contributed by atoms with Gasteiger partial charge in [-0.15, -0.1) is 0 Å². The van der Waals surface area contributed by atoms with Gasteiger partial charge < -0.3 is 9.47 Å². The summed E-state index contributed by atoms with van der Waals surface area (Å²) >= 11 is 5.86. The molecule has 0 bridgehead atoms. The molecule has 0 amide bonds. The van der Waals surface area contributed by atoms with E-state index in [-0.39, 0.29) is 5.78 Å². The molecule has 0 fully saturated rings. The Morgan fingerprint density at radius 2 is 1.86 bits per heavy atom. The summed E-state index contributed by atoms with van der Waals surface area (Å²) in [5, 5.41) is 0.689. The summed E-state index contributed by atoms with van der Waals surface area (Å²) in [6.07, 6.45) is 0.345. The van der Waals surface area contributed by atoms with Gasteiger partial charge in [0.25, 0.3) is 0 Å². The Hall–Kier alpha value is -1.84. The summed E-state index contributed by atoms with van der Waals surface area (Å²) in [6.45, 7) is 2.75. The molecule has 0 aliphatic carbocycles. The first kappa shape index (κ1) is 16.5. The van der Waals surface area contributed by atoms with Crippen molar-refractivity contribution in [3.05, 3.63) is 64.2 Å². The molecule has 0 aliphatic rings. The molecule has 22 heavy (non-hydrogen) atoms. The molecule has 0 aromatic heterocycles. The van der Waals surface area contributed by atoms with Gasteiger partial charge in [-0.2, -0.15) is 0 Å². The summed E-state index contributed by atoms with van der Waals surface area (Å²) in [5.74, 6) is 0.623. The zero-order valence-electron chi connectivity index (χ0n) is 12.8. The van der Waals surface area contributed by atoms with Gasteiger partial charge in [0.1, 0.15) is 12.4 Å². The van der Waals surface area contributed by atoms with Crippen molar-refractivity contribution in [1.29, 1.82) is 0 Å². The quantitative estimate of drug-likeness (QED) is 0.708. The van der Waals surface area contributed by atoms with Crippen LogP contribution >= 0.6 is 11.6 Å². The van der Waals surface area contributed by atoms with Crippen LogP contribution in [0.15, 0.2) is 42.5 Å². The van der Waals surface area contributed by atoms with Crippen LogP contribution in [0.25, 0.3) is 0 Å². The summed E-state index contributed by atoms with van der Waals surface area (Å²) in [7, 11) is 1.58. The topological polar surface area (TPSA) is 35.5 Å². The van der Waals surface area contributed by atoms with E-state index in [0.29, 0.717) is 36.0 Å². The lowest BCUT2D eigenvalue weighted by Crippen LogP contribution is -2.07. The van der Waals surface area contributed by atoms with Crippen LogP contribution in [0.2, 0.25) is 5.02 Å². The van der Waals surface area contributed by atoms with Crippen molar-refractivity contribution in [2.45, 2.75) is 20.0 Å². The van der Waals surface area contributed by atoms with E-state index in [2.05, 4.69) is 0 Å². The van der Waals surface area contributed by atoms with Crippen molar-refractivity contribution >= 4 is 17.4 Å². The van der Waals surface area contributed by atoms with Crippen LogP contribution in [0.4, 0.5) is 0 Å². The molecule has 0 saturated heterocycles. The Bertz CT molecular complexity index is 635. The van der Waals surface area contributed by atoms with Crippen LogP contribution in [0.1, 0.15) is 27.9 Å². The molecule has 0 heterocycles. The molecular weight excluding hydrogens is 300 g/mol. The lowest BCUT2D eigenvalue weighted by Gasteiger charge is -2.12. The summed E-state index contributed by atoms with van der Waals surface area (Å²) < 4.78 is 10.8. The molecule has 0 spiro atoms. The van der Waals surface area contributed by atoms with Gasteiger partial charge in [-0.25, -0.2) is 0 Å². The van der Waals surface area contributed by atoms with Gasteiger partial charge in [0.2, 0.25) is 0 Å². The molecule has 0 aliphatic heterocycles. The molecule has 3 nitrogen and oxygen atoms in total. The number of ether oxygens (including phenoxy) is 2. The van der Waals surface area contributed by atoms with Crippen LogP contribution in [0.3, 0.4) is 0 Å². The molecule has 2 rings (SSSR count). The van der Waals surface area contributed by atoms with Gasteiger partial charge in [-0.05, 0) is 36.8 Å². The number of rotatable bonds is 7. The highest BCUT2D eigenvalue weighted by Gasteiger charge is 2.13. The van der Waals surface area contributed by atoms with Crippen LogP contribution in [0.5, 0.6) is 5.75 Å². The van der Waals surface area contributed by atoms with E-state index in [4.69, 9.17) is 21.1 Å². The van der Waals surface area contributed by atoms with Crippen molar-refractivity contribution in [3.63, 3.8) is 0 Å². The molecule has 0 saturated carbocycles. The van der Waals surface area contributed by atoms with E-state index in [1.807, 2.05) is 49.4 Å². The number of aryl methyl sites for hydroxylation is 1. The number of halogens is 1. The van der Waals surface area contributed by atoms with Crippen molar-refractivity contribution in [3.8, 4) is 5.75 Å². The van der Waals surface area contributed by atoms with Crippen LogP contribution in [0, 0.1) is 6.92 Å². The maximum atomic E-state index is 12.3. The number of hydrogen-bond acceptors (Lipinski definition) is 3. The number of ketones is 1. The van der Waals surface area contributed by atoms with Gasteiger partial charge >= 0.3 is 0 Å². The Labute approximate surface area is 135 Å². The largest absolute Gasteiger partial charge is 0.488 e. The zero-order chi connectivity index (χ0) is 15.9. The SMILES string of the molecule is COCCC(=O)c1cc(C)ccc1OCc1ccc(Cl)cc1. The highest BCUT2D eigenvalue weighted by atomic mass is 35.5. The highest BCUT2D eigenvalue weighted by Crippen LogP contribution is 2.23. The number of Topliss-reactive ketones (excluding diaryl/α,β-unsaturated/α-hetero) is 1. The molecule has 116 valence electrons. The first-order valence-corrected chi connectivity index (χ1v) is 7.48. The number of carbonyl (C=O) groups excluding carboxylic acids is 1. The maximum absolute atomic E-state index is 12.3. The highest BCUT2D eigenvalue weighted by molar-refractivity contribution is 6.30. The lowest BCUT2D eigenvalue weighted by molar-refractivity contribution is 0.0928. The fourth-order valence-corrected chi connectivity index (χ4v) is 2.18. The second kappa shape index (κ2) is 7.97. The fourth-order valence-electron chi connectivity index (χ4n) is 2.06. The lowest BCUT2D eigenvalue weighted by atomic mass is 10.0. The van der Waals surface area contributed by atoms with Crippen molar-refractivity contribution in [2.24, 2.45) is 0 Å². The standard InChI is InChI=1S/C18H19ClO3/c1-13-3-8-18(16(11-13)17(20)9-10-21-2)22-12-14-4-6-15(19)7-5-14/h3-8,11H,9-10,12H2,1-2H3. The fraction of sp³-hybridized carbons (Fsp3) is 0.278. The smallest absolute Gasteiger partial charge is 0.168 e. The van der Waals surface area contributed by atoms with E-state index in [0.717, 1.165) is 11.1 Å². The minimum absolute atomic E-state index is 0.0247. The van der Waals surface area contributed by atoms with E-state index >= 15 is 0 Å². The third-order valence-electron chi connectivity index (χ3n) is 3.28. The van der Waals surface area contributed by atoms with Crippen LogP contribution in [-0.2, 0) is 11.3 Å². The first-order valence-electron chi connectivity index (χ1n) is 7.10. The summed E-state index contributed by atoms with van der Waals surface area (Å²) in [5.41, 5.74) is 2.63. The summed E-state index contributed by atoms with van der Waals surface area (Å²) in [6, 6.07) is 13.1. The Morgan fingerprint density at radius 3 is 2.55 bits per heavy atom. The van der Waals surface area contributed by atoms with Crippen molar-refractivity contribution in [2.75, 3.05) is 13.7 Å². The Kier molecular flexibility index (Phi) is 5.99. The summed E-state index contributed by atoms with van der Waals surface area (Å²) in [4.78, 5) is 12.3. The number of hydrogen-bond donors (Lipinski definition) is 0. The third kappa shape index (κ3) is 4.58. The van der Waals surface area contributed by atoms with Gasteiger partial charge in [0.05, 0.1) is 12.2 Å². The van der Waals surface area contributed by atoms with Crippen molar-refractivity contribution < 1.29 is 14.3 Å². The van der Waals surface area contributed by atoms with Crippen LogP contribution < -0.4 is 4.74 Å². The molecule has 4 heteroatoms. The minimum Gasteiger partial charge on any atom is -0.488 e. The molecular formula is C18H19ClO3. The van der Waals surface area contributed by atoms with Gasteiger partial charge in [0, 0.05) is 18.6 Å². The molecule has 0 atom stereocenters. The average Bonchev–Trinajstić information content (AvgIpc) is 2.53. The second-order valence-electron chi connectivity index (χ2n) is 5.08. The normalized spacial score (nSPS) is 10.5. The van der Waals surface area contributed by atoms with E-state index in [9.17, 15) is 4.79 Å². The van der Waals surface area contributed by atoms with E-state index in [1.165, 1.54) is 0 Å². The zero-order valence-corrected chi connectivity index (χ0v) is 13.5. The Balaban J connectivity index is 2.12. The predicted molar refractivity (Wildman–Crippen MR) is 87.8 cm³/mol. The average molecular weight is 319 g/mol. The molecule has 2 aromatic rings. The predicted octanol–water partition coefficient (Wildman–Crippen LogP) is 4.45. The second-order valence-corrected chi connectivity index (χ2v) is 5.52. The van der Waals surface area contributed by atoms with Gasteiger partial charge in [0.15, 0.2) is 5.78 Å². The first-order chi connectivity index (χ1) is 10.6. The van der Waals surface area contributed by atoms with E-state index < -0.39 is 0 Å². The molecule has 0 radical (unpaired) electrons. The number of benzene rings is 2. The number of methoxy groups -OCH3 is 1. The monoisotopic (exact) mass is 318 g/mol. The molecule has 0 unspecified atom stereocenters. The number of carbonyl (C=O) groups is 1. The van der Waals surface area contributed by atoms with Gasteiger partial charge in [-0.3, -0.25) is 4.79 Å². The third-order valence-corrected chi connectivity index (χ3v) is 3.53. The Morgan fingerprint density at radius 1 is 1.14 bits per heavy atom. The maximum Gasteiger partial charge on any atom is 0.168 e. The van der Waals surface area contributed by atoms with Crippen LogP contribution in [-0.4, -0.2) is 19.5 Å². The van der Waals surface area contributed by atoms with Gasteiger partial charge in [-0.1, -0.05) is 35.4 Å². The van der Waals surface area contributed by atoms with E-state index in [1.54, 1.807) is 7.11 Å². The molecule has 0 N–H and O–H groups in total. The molecule has 2 aromatic carbocycles. The minimum atomic E-state index is 0.0247. The van der Waals surface area contributed by atoms with Crippen molar-refractivity contribution in [1.82, 2.24) is 0 Å².